The van der Waals surface area contributed by atoms with Crippen LogP contribution in [0.3, 0.4) is 0 Å². The van der Waals surface area contributed by atoms with Gasteiger partial charge in [-0.1, -0.05) is 12.1 Å². The van der Waals surface area contributed by atoms with Crippen LogP contribution in [0.5, 0.6) is 0 Å². The number of aromatic amines is 1. The summed E-state index contributed by atoms with van der Waals surface area (Å²) in [6.45, 7) is 3.25. The lowest BCUT2D eigenvalue weighted by molar-refractivity contribution is 0.0699. The molecule has 0 spiro atoms. The van der Waals surface area contributed by atoms with Gasteiger partial charge in [-0.3, -0.25) is 0 Å². The number of para-hydroxylation sites is 1. The van der Waals surface area contributed by atoms with Gasteiger partial charge in [0.25, 0.3) is 0 Å². The van der Waals surface area contributed by atoms with Gasteiger partial charge in [-0.2, -0.15) is 0 Å². The molecule has 0 aliphatic carbocycles. The molecule has 5 nitrogen and oxygen atoms in total. The molecular weight excluding hydrogens is 266 g/mol. The number of aromatic carboxylic acids is 1. The Labute approximate surface area is 111 Å². The number of hydrogen-bond donors (Lipinski definition) is 2. The predicted molar refractivity (Wildman–Crippen MR) is 73.0 cm³/mol. The molecule has 0 saturated heterocycles. The number of rotatable bonds is 4. The minimum absolute atomic E-state index is 0.113. The lowest BCUT2D eigenvalue weighted by Gasteiger charge is -2.05. The molecule has 2 rings (SSSR count). The first-order valence-electron chi connectivity index (χ1n) is 5.87. The van der Waals surface area contributed by atoms with E-state index >= 15 is 0 Å². The summed E-state index contributed by atoms with van der Waals surface area (Å²) in [7, 11) is -3.21. The molecule has 1 aromatic carbocycles. The number of carboxylic acid groups (broad SMARTS) is 1. The van der Waals surface area contributed by atoms with Crippen molar-refractivity contribution in [2.24, 2.45) is 0 Å². The molecule has 0 bridgehead atoms. The topological polar surface area (TPSA) is 87.2 Å². The van der Waals surface area contributed by atoms with Gasteiger partial charge >= 0.3 is 5.97 Å². The summed E-state index contributed by atoms with van der Waals surface area (Å²) in [4.78, 5) is 14.0. The molecule has 6 heteroatoms. The number of carboxylic acids is 1. The quantitative estimate of drug-likeness (QED) is 0.899. The minimum Gasteiger partial charge on any atom is -0.478 e. The molecule has 0 aliphatic heterocycles. The van der Waals surface area contributed by atoms with Gasteiger partial charge in [0.1, 0.15) is 0 Å². The van der Waals surface area contributed by atoms with Crippen LogP contribution < -0.4 is 0 Å². The Balaban J connectivity index is 2.49. The third kappa shape index (κ3) is 2.63. The van der Waals surface area contributed by atoms with E-state index in [1.54, 1.807) is 32.0 Å². The van der Waals surface area contributed by atoms with Crippen molar-refractivity contribution in [3.8, 4) is 0 Å². The van der Waals surface area contributed by atoms with Gasteiger partial charge in [-0.05, 0) is 26.0 Å². The largest absolute Gasteiger partial charge is 0.478 e. The zero-order valence-electron chi connectivity index (χ0n) is 10.7. The van der Waals surface area contributed by atoms with E-state index in [-0.39, 0.29) is 11.3 Å². The Hall–Kier alpha value is -1.82. The summed E-state index contributed by atoms with van der Waals surface area (Å²) in [6, 6.07) is 6.56. The van der Waals surface area contributed by atoms with Crippen molar-refractivity contribution in [1.82, 2.24) is 4.98 Å². The highest BCUT2D eigenvalue weighted by Crippen LogP contribution is 2.21. The maximum atomic E-state index is 11.9. The zero-order valence-corrected chi connectivity index (χ0v) is 11.5. The van der Waals surface area contributed by atoms with Crippen molar-refractivity contribution in [2.75, 3.05) is 0 Å². The van der Waals surface area contributed by atoms with E-state index in [0.717, 1.165) is 0 Å². The van der Waals surface area contributed by atoms with Crippen molar-refractivity contribution >= 4 is 26.7 Å². The van der Waals surface area contributed by atoms with E-state index in [0.29, 0.717) is 16.6 Å². The van der Waals surface area contributed by atoms with Crippen LogP contribution in [0.25, 0.3) is 10.9 Å². The molecule has 2 N–H and O–H groups in total. The standard InChI is InChI=1S/C13H15NO4S/c1-8(2)19(17,18)7-10-6-9-4-3-5-11(13(15)16)12(9)14-10/h3-6,8,14H,7H2,1-2H3,(H,15,16). The fourth-order valence-corrected chi connectivity index (χ4v) is 2.78. The summed E-state index contributed by atoms with van der Waals surface area (Å²) in [5, 5.41) is 9.32. The van der Waals surface area contributed by atoms with Crippen LogP contribution in [-0.4, -0.2) is 29.7 Å². The maximum Gasteiger partial charge on any atom is 0.337 e. The van der Waals surface area contributed by atoms with Crippen LogP contribution in [-0.2, 0) is 15.6 Å². The molecule has 0 aliphatic rings. The second-order valence-corrected chi connectivity index (χ2v) is 7.28. The molecule has 2 aromatic rings. The van der Waals surface area contributed by atoms with Crippen molar-refractivity contribution < 1.29 is 18.3 Å². The fourth-order valence-electron chi connectivity index (χ4n) is 1.85. The van der Waals surface area contributed by atoms with E-state index in [2.05, 4.69) is 4.98 Å². The molecule has 0 radical (unpaired) electrons. The average molecular weight is 281 g/mol. The molecule has 0 fully saturated rings. The summed E-state index contributed by atoms with van der Waals surface area (Å²) in [5.74, 6) is -1.15. The second kappa shape index (κ2) is 4.70. The van der Waals surface area contributed by atoms with Gasteiger partial charge in [0.05, 0.1) is 22.1 Å². The number of carbonyl (C=O) groups is 1. The van der Waals surface area contributed by atoms with E-state index in [1.807, 2.05) is 0 Å². The van der Waals surface area contributed by atoms with Crippen molar-refractivity contribution in [1.29, 1.82) is 0 Å². The van der Waals surface area contributed by atoms with E-state index in [1.165, 1.54) is 6.07 Å². The van der Waals surface area contributed by atoms with Crippen LogP contribution in [0.15, 0.2) is 24.3 Å². The predicted octanol–water partition coefficient (Wildman–Crippen LogP) is 2.19. The lowest BCUT2D eigenvalue weighted by Crippen LogP contribution is -2.16. The first kappa shape index (κ1) is 13.6. The fraction of sp³-hybridized carbons (Fsp3) is 0.308. The lowest BCUT2D eigenvalue weighted by atomic mass is 10.1. The average Bonchev–Trinajstić information content (AvgIpc) is 2.69. The Morgan fingerprint density at radius 1 is 1.37 bits per heavy atom. The van der Waals surface area contributed by atoms with Crippen LogP contribution in [0.4, 0.5) is 0 Å². The Bertz CT molecular complexity index is 728. The van der Waals surface area contributed by atoms with Gasteiger partial charge in [-0.15, -0.1) is 0 Å². The smallest absolute Gasteiger partial charge is 0.337 e. The van der Waals surface area contributed by atoms with E-state index in [9.17, 15) is 13.2 Å². The first-order valence-corrected chi connectivity index (χ1v) is 7.58. The Kier molecular flexibility index (Phi) is 3.36. The van der Waals surface area contributed by atoms with Gasteiger partial charge < -0.3 is 10.1 Å². The number of H-pyrrole nitrogens is 1. The molecule has 1 aromatic heterocycles. The van der Waals surface area contributed by atoms with Gasteiger partial charge in [0, 0.05) is 11.1 Å². The van der Waals surface area contributed by atoms with E-state index < -0.39 is 21.1 Å². The van der Waals surface area contributed by atoms with Crippen LogP contribution >= 0.6 is 0 Å². The van der Waals surface area contributed by atoms with Crippen LogP contribution in [0.1, 0.15) is 29.9 Å². The Morgan fingerprint density at radius 2 is 2.05 bits per heavy atom. The normalized spacial score (nSPS) is 12.2. The number of benzene rings is 1. The third-order valence-electron chi connectivity index (χ3n) is 3.02. The molecule has 1 heterocycles. The van der Waals surface area contributed by atoms with Crippen LogP contribution in [0.2, 0.25) is 0 Å². The number of aromatic nitrogens is 1. The van der Waals surface area contributed by atoms with Crippen molar-refractivity contribution in [3.63, 3.8) is 0 Å². The number of fused-ring (bicyclic) bond motifs is 1. The Morgan fingerprint density at radius 3 is 2.63 bits per heavy atom. The summed E-state index contributed by atoms with van der Waals surface area (Å²) >= 11 is 0. The maximum absolute atomic E-state index is 11.9. The van der Waals surface area contributed by atoms with Crippen molar-refractivity contribution in [2.45, 2.75) is 24.9 Å². The molecule has 19 heavy (non-hydrogen) atoms. The van der Waals surface area contributed by atoms with Gasteiger partial charge in [-0.25, -0.2) is 13.2 Å². The highest BCUT2D eigenvalue weighted by Gasteiger charge is 2.19. The highest BCUT2D eigenvalue weighted by atomic mass is 32.2. The number of hydrogen-bond acceptors (Lipinski definition) is 3. The monoisotopic (exact) mass is 281 g/mol. The van der Waals surface area contributed by atoms with E-state index in [4.69, 9.17) is 5.11 Å². The number of nitrogens with one attached hydrogen (secondary N) is 1. The first-order chi connectivity index (χ1) is 8.81. The second-order valence-electron chi connectivity index (χ2n) is 4.73. The number of sulfone groups is 1. The highest BCUT2D eigenvalue weighted by molar-refractivity contribution is 7.91. The molecule has 0 saturated carbocycles. The third-order valence-corrected chi connectivity index (χ3v) is 5.17. The van der Waals surface area contributed by atoms with Gasteiger partial charge in [0.15, 0.2) is 9.84 Å². The minimum atomic E-state index is -3.21. The van der Waals surface area contributed by atoms with Gasteiger partial charge in [0.2, 0.25) is 0 Å². The molecule has 0 unspecified atom stereocenters. The zero-order chi connectivity index (χ0) is 14.2. The molecular formula is C13H15NO4S. The molecule has 0 atom stereocenters. The summed E-state index contributed by atoms with van der Waals surface area (Å²) < 4.78 is 23.7. The summed E-state index contributed by atoms with van der Waals surface area (Å²) in [6.07, 6.45) is 0. The van der Waals surface area contributed by atoms with Crippen molar-refractivity contribution in [3.05, 3.63) is 35.5 Å². The molecule has 102 valence electrons. The van der Waals surface area contributed by atoms with Crippen LogP contribution in [0, 0.1) is 0 Å². The SMILES string of the molecule is CC(C)S(=O)(=O)Cc1cc2cccc(C(=O)O)c2[nH]1. The summed E-state index contributed by atoms with van der Waals surface area (Å²) in [5.41, 5.74) is 1.12. The molecule has 0 amide bonds.